The summed E-state index contributed by atoms with van der Waals surface area (Å²) in [5.74, 6) is 0. The van der Waals surface area contributed by atoms with Crippen LogP contribution in [0.5, 0.6) is 0 Å². The highest BCUT2D eigenvalue weighted by Gasteiger charge is 1.97. The summed E-state index contributed by atoms with van der Waals surface area (Å²) in [6.45, 7) is 3.22. The minimum absolute atomic E-state index is 0.525. The van der Waals surface area contributed by atoms with Crippen molar-refractivity contribution >= 4 is 0 Å². The van der Waals surface area contributed by atoms with Crippen molar-refractivity contribution in [2.45, 2.75) is 32.7 Å². The maximum absolute atomic E-state index is 8.52. The number of aryl methyl sites for hydroxylation is 1. The van der Waals surface area contributed by atoms with Crippen LogP contribution < -0.4 is 0 Å². The highest BCUT2D eigenvalue weighted by molar-refractivity contribution is 5.11. The summed E-state index contributed by atoms with van der Waals surface area (Å²) in [5.41, 5.74) is 1.13. The molecule has 0 aromatic carbocycles. The molecule has 2 nitrogen and oxygen atoms in total. The second-order valence-electron chi connectivity index (χ2n) is 2.88. The van der Waals surface area contributed by atoms with Crippen LogP contribution in [0.25, 0.3) is 0 Å². The van der Waals surface area contributed by atoms with E-state index in [1.165, 1.54) is 12.8 Å². The van der Waals surface area contributed by atoms with Gasteiger partial charge in [-0.3, -0.25) is 0 Å². The van der Waals surface area contributed by atoms with Crippen molar-refractivity contribution in [1.82, 2.24) is 4.57 Å². The average Bonchev–Trinajstić information content (AvgIpc) is 2.50. The number of nitriles is 1. The molecule has 64 valence electrons. The predicted octanol–water partition coefficient (Wildman–Crippen LogP) is 2.35. The number of nitrogens with zero attached hydrogens (tertiary/aromatic N) is 2. The minimum Gasteiger partial charge on any atom is -0.350 e. The van der Waals surface area contributed by atoms with E-state index in [1.54, 1.807) is 0 Å². The van der Waals surface area contributed by atoms with Gasteiger partial charge in [0.2, 0.25) is 0 Å². The van der Waals surface area contributed by atoms with Crippen LogP contribution in [0.4, 0.5) is 0 Å². The molecule has 1 aromatic rings. The Bertz CT molecular complexity index is 268. The van der Waals surface area contributed by atoms with Crippen LogP contribution in [-0.2, 0) is 13.0 Å². The van der Waals surface area contributed by atoms with E-state index in [1.807, 2.05) is 18.3 Å². The number of hydrogen-bond donors (Lipinski definition) is 0. The quantitative estimate of drug-likeness (QED) is 0.668. The topological polar surface area (TPSA) is 28.7 Å². The molecule has 1 aromatic heterocycles. The second kappa shape index (κ2) is 4.61. The van der Waals surface area contributed by atoms with Gasteiger partial charge in [-0.15, -0.1) is 0 Å². The standard InChI is InChI=1S/C10H14N2/c1-2-3-8-12-9-4-5-10(12)6-7-11/h4-5,9H,2-3,6,8H2,1H3. The monoisotopic (exact) mass is 162 g/mol. The van der Waals surface area contributed by atoms with Gasteiger partial charge in [0.1, 0.15) is 0 Å². The van der Waals surface area contributed by atoms with Gasteiger partial charge in [-0.2, -0.15) is 5.26 Å². The van der Waals surface area contributed by atoms with Crippen molar-refractivity contribution < 1.29 is 0 Å². The maximum atomic E-state index is 8.52. The molecule has 0 bridgehead atoms. The van der Waals surface area contributed by atoms with Crippen molar-refractivity contribution in [2.75, 3.05) is 0 Å². The average molecular weight is 162 g/mol. The van der Waals surface area contributed by atoms with Crippen molar-refractivity contribution in [3.63, 3.8) is 0 Å². The molecular weight excluding hydrogens is 148 g/mol. The fourth-order valence-corrected chi connectivity index (χ4v) is 1.24. The first-order valence-electron chi connectivity index (χ1n) is 4.39. The molecule has 0 aliphatic carbocycles. The summed E-state index contributed by atoms with van der Waals surface area (Å²) in [4.78, 5) is 0. The van der Waals surface area contributed by atoms with E-state index in [-0.39, 0.29) is 0 Å². The van der Waals surface area contributed by atoms with Crippen LogP contribution in [0, 0.1) is 11.3 Å². The van der Waals surface area contributed by atoms with Gasteiger partial charge in [-0.1, -0.05) is 13.3 Å². The molecule has 0 N–H and O–H groups in total. The molecule has 1 heterocycles. The highest BCUT2D eigenvalue weighted by Crippen LogP contribution is 2.04. The van der Waals surface area contributed by atoms with Gasteiger partial charge in [-0.05, 0) is 18.6 Å². The van der Waals surface area contributed by atoms with Crippen LogP contribution >= 0.6 is 0 Å². The van der Waals surface area contributed by atoms with Crippen LogP contribution in [0.2, 0.25) is 0 Å². The summed E-state index contributed by atoms with van der Waals surface area (Å²) in [6, 6.07) is 6.18. The van der Waals surface area contributed by atoms with Gasteiger partial charge in [0, 0.05) is 18.4 Å². The summed E-state index contributed by atoms with van der Waals surface area (Å²) >= 11 is 0. The Morgan fingerprint density at radius 1 is 1.58 bits per heavy atom. The Morgan fingerprint density at radius 3 is 3.08 bits per heavy atom. The Kier molecular flexibility index (Phi) is 3.40. The van der Waals surface area contributed by atoms with E-state index >= 15 is 0 Å². The molecule has 0 fully saturated rings. The summed E-state index contributed by atoms with van der Waals surface area (Å²) < 4.78 is 2.16. The molecular formula is C10H14N2. The molecule has 0 atom stereocenters. The molecule has 0 saturated carbocycles. The molecule has 0 aliphatic rings. The van der Waals surface area contributed by atoms with Crippen molar-refractivity contribution in [3.05, 3.63) is 24.0 Å². The molecule has 12 heavy (non-hydrogen) atoms. The zero-order valence-corrected chi connectivity index (χ0v) is 7.45. The molecule has 2 heteroatoms. The molecule has 0 amide bonds. The SMILES string of the molecule is CCCCn1cccc1CC#N. The van der Waals surface area contributed by atoms with Gasteiger partial charge in [0.15, 0.2) is 0 Å². The van der Waals surface area contributed by atoms with Gasteiger partial charge in [0.25, 0.3) is 0 Å². The lowest BCUT2D eigenvalue weighted by molar-refractivity contribution is 0.617. The maximum Gasteiger partial charge on any atom is 0.0754 e. The molecule has 0 spiro atoms. The van der Waals surface area contributed by atoms with Crippen molar-refractivity contribution in [1.29, 1.82) is 5.26 Å². The fourth-order valence-electron chi connectivity index (χ4n) is 1.24. The smallest absolute Gasteiger partial charge is 0.0754 e. The number of unbranched alkanes of at least 4 members (excludes halogenated alkanes) is 1. The third-order valence-electron chi connectivity index (χ3n) is 1.94. The van der Waals surface area contributed by atoms with Crippen LogP contribution in [0.1, 0.15) is 25.5 Å². The van der Waals surface area contributed by atoms with Gasteiger partial charge >= 0.3 is 0 Å². The fraction of sp³-hybridized carbons (Fsp3) is 0.500. The van der Waals surface area contributed by atoms with Gasteiger partial charge in [0.05, 0.1) is 12.5 Å². The first-order chi connectivity index (χ1) is 5.88. The van der Waals surface area contributed by atoms with Crippen molar-refractivity contribution in [2.24, 2.45) is 0 Å². The number of rotatable bonds is 4. The first-order valence-corrected chi connectivity index (χ1v) is 4.39. The van der Waals surface area contributed by atoms with Crippen LogP contribution in [0.3, 0.4) is 0 Å². The zero-order valence-electron chi connectivity index (χ0n) is 7.45. The first kappa shape index (κ1) is 8.86. The summed E-state index contributed by atoms with van der Waals surface area (Å²) in [7, 11) is 0. The summed E-state index contributed by atoms with van der Waals surface area (Å²) in [6.07, 6.45) is 4.95. The molecule has 1 rings (SSSR count). The third kappa shape index (κ3) is 2.13. The Hall–Kier alpha value is -1.23. The minimum atomic E-state index is 0.525. The van der Waals surface area contributed by atoms with Crippen LogP contribution in [-0.4, -0.2) is 4.57 Å². The number of aromatic nitrogens is 1. The van der Waals surface area contributed by atoms with E-state index in [4.69, 9.17) is 5.26 Å². The normalized spacial score (nSPS) is 9.67. The zero-order chi connectivity index (χ0) is 8.81. The van der Waals surface area contributed by atoms with Gasteiger partial charge in [-0.25, -0.2) is 0 Å². The predicted molar refractivity (Wildman–Crippen MR) is 48.7 cm³/mol. The van der Waals surface area contributed by atoms with E-state index in [0.29, 0.717) is 6.42 Å². The van der Waals surface area contributed by atoms with E-state index in [0.717, 1.165) is 12.2 Å². The Balaban J connectivity index is 2.58. The van der Waals surface area contributed by atoms with E-state index < -0.39 is 0 Å². The lowest BCUT2D eigenvalue weighted by Crippen LogP contribution is -2.00. The summed E-state index contributed by atoms with van der Waals surface area (Å²) in [5, 5.41) is 8.52. The second-order valence-corrected chi connectivity index (χ2v) is 2.88. The number of hydrogen-bond acceptors (Lipinski definition) is 1. The van der Waals surface area contributed by atoms with Gasteiger partial charge < -0.3 is 4.57 Å². The third-order valence-corrected chi connectivity index (χ3v) is 1.94. The van der Waals surface area contributed by atoms with E-state index in [2.05, 4.69) is 17.6 Å². The lowest BCUT2D eigenvalue weighted by atomic mass is 10.3. The Labute approximate surface area is 73.4 Å². The molecule has 0 saturated heterocycles. The molecule has 0 radical (unpaired) electrons. The van der Waals surface area contributed by atoms with Crippen LogP contribution in [0.15, 0.2) is 18.3 Å². The van der Waals surface area contributed by atoms with E-state index in [9.17, 15) is 0 Å². The Morgan fingerprint density at radius 2 is 2.42 bits per heavy atom. The lowest BCUT2D eigenvalue weighted by Gasteiger charge is -2.04. The highest BCUT2D eigenvalue weighted by atomic mass is 15.0. The molecule has 0 aliphatic heterocycles. The van der Waals surface area contributed by atoms with Crippen molar-refractivity contribution in [3.8, 4) is 6.07 Å². The molecule has 0 unspecified atom stereocenters. The largest absolute Gasteiger partial charge is 0.350 e.